The molecule has 4 rings (SSSR count). The van der Waals surface area contributed by atoms with Crippen molar-refractivity contribution in [3.63, 3.8) is 0 Å². The molecule has 0 bridgehead atoms. The fraction of sp³-hybridized carbons (Fsp3) is 0.522. The summed E-state index contributed by atoms with van der Waals surface area (Å²) in [6.45, 7) is 3.83. The average molecular weight is 459 g/mol. The molecule has 32 heavy (non-hydrogen) atoms. The third kappa shape index (κ3) is 5.10. The first-order valence-corrected chi connectivity index (χ1v) is 12.1. The summed E-state index contributed by atoms with van der Waals surface area (Å²) in [5, 5.41) is 13.8. The van der Waals surface area contributed by atoms with Crippen molar-refractivity contribution in [2.75, 3.05) is 38.3 Å². The van der Waals surface area contributed by atoms with Crippen molar-refractivity contribution >= 4 is 33.3 Å². The quantitative estimate of drug-likeness (QED) is 0.512. The maximum atomic E-state index is 13.3. The maximum Gasteiger partial charge on any atom is 0.282 e. The molecule has 0 saturated carbocycles. The largest absolute Gasteiger partial charge is 0.361 e. The van der Waals surface area contributed by atoms with Crippen molar-refractivity contribution in [1.82, 2.24) is 25.4 Å². The standard InChI is InChI=1S/C23H31FN6OS/c1-3-4-7-17(12-16-14-25-20-9-6-5-8-19(16)20)26-21(31)22-27-28-23(32-22)30-11-10-29(2)18(13-24)15-30/h5-6,8-9,14,17-18,25H,3-4,7,10-13,15H2,1-2H3,(H,26,31). The number of hydrogen-bond donors (Lipinski definition) is 2. The predicted molar refractivity (Wildman–Crippen MR) is 127 cm³/mol. The molecule has 172 valence electrons. The van der Waals surface area contributed by atoms with Crippen LogP contribution in [0.1, 0.15) is 41.6 Å². The van der Waals surface area contributed by atoms with Gasteiger partial charge in [-0.3, -0.25) is 9.69 Å². The molecule has 1 amide bonds. The molecule has 0 aliphatic carbocycles. The highest BCUT2D eigenvalue weighted by molar-refractivity contribution is 7.17. The number of halogens is 1. The maximum absolute atomic E-state index is 13.3. The lowest BCUT2D eigenvalue weighted by molar-refractivity contribution is 0.0933. The van der Waals surface area contributed by atoms with E-state index in [0.29, 0.717) is 16.7 Å². The van der Waals surface area contributed by atoms with Gasteiger partial charge in [0.15, 0.2) is 0 Å². The van der Waals surface area contributed by atoms with E-state index in [1.165, 1.54) is 22.3 Å². The number of fused-ring (bicyclic) bond motifs is 1. The fourth-order valence-electron chi connectivity index (χ4n) is 4.21. The van der Waals surface area contributed by atoms with Crippen LogP contribution in [0.4, 0.5) is 9.52 Å². The number of hydrogen-bond acceptors (Lipinski definition) is 6. The van der Waals surface area contributed by atoms with Crippen LogP contribution in [0.3, 0.4) is 0 Å². The lowest BCUT2D eigenvalue weighted by Gasteiger charge is -2.37. The van der Waals surface area contributed by atoms with E-state index in [9.17, 15) is 9.18 Å². The first-order valence-electron chi connectivity index (χ1n) is 11.3. The smallest absolute Gasteiger partial charge is 0.282 e. The molecular weight excluding hydrogens is 427 g/mol. The fourth-order valence-corrected chi connectivity index (χ4v) is 4.99. The average Bonchev–Trinajstić information content (AvgIpc) is 3.46. The number of likely N-dealkylation sites (N-methyl/N-ethyl adjacent to an activating group) is 1. The number of nitrogens with one attached hydrogen (secondary N) is 2. The van der Waals surface area contributed by atoms with Crippen molar-refractivity contribution in [1.29, 1.82) is 0 Å². The Balaban J connectivity index is 1.43. The van der Waals surface area contributed by atoms with E-state index >= 15 is 0 Å². The number of anilines is 1. The molecule has 3 aromatic rings. The van der Waals surface area contributed by atoms with Crippen LogP contribution in [0.25, 0.3) is 10.9 Å². The van der Waals surface area contributed by atoms with Crippen molar-refractivity contribution in [2.24, 2.45) is 0 Å². The van der Waals surface area contributed by atoms with Crippen LogP contribution in [0, 0.1) is 0 Å². The molecule has 1 fully saturated rings. The van der Waals surface area contributed by atoms with Crippen molar-refractivity contribution in [2.45, 2.75) is 44.7 Å². The molecule has 2 unspecified atom stereocenters. The molecule has 1 aliphatic heterocycles. The summed E-state index contributed by atoms with van der Waals surface area (Å²) >= 11 is 1.28. The number of alkyl halides is 1. The SMILES string of the molecule is CCCCC(Cc1c[nH]c2ccccc12)NC(=O)c1nnc(N2CCN(C)C(CF)C2)s1. The number of para-hydroxylation sites is 1. The summed E-state index contributed by atoms with van der Waals surface area (Å²) in [5.74, 6) is -0.189. The Kier molecular flexibility index (Phi) is 7.36. The second-order valence-electron chi connectivity index (χ2n) is 8.50. The normalized spacial score (nSPS) is 18.2. The number of aromatic nitrogens is 3. The van der Waals surface area contributed by atoms with Crippen LogP contribution >= 0.6 is 11.3 Å². The highest BCUT2D eigenvalue weighted by Crippen LogP contribution is 2.24. The third-order valence-corrected chi connectivity index (χ3v) is 7.20. The first kappa shape index (κ1) is 22.7. The highest BCUT2D eigenvalue weighted by atomic mass is 32.1. The van der Waals surface area contributed by atoms with E-state index in [1.807, 2.05) is 35.2 Å². The second-order valence-corrected chi connectivity index (χ2v) is 9.46. The molecule has 3 heterocycles. The summed E-state index contributed by atoms with van der Waals surface area (Å²) in [4.78, 5) is 20.3. The summed E-state index contributed by atoms with van der Waals surface area (Å²) in [6, 6.07) is 8.09. The van der Waals surface area contributed by atoms with Gasteiger partial charge in [0.05, 0.1) is 6.04 Å². The zero-order chi connectivity index (χ0) is 22.5. The van der Waals surface area contributed by atoms with Crippen molar-refractivity contribution in [3.8, 4) is 0 Å². The van der Waals surface area contributed by atoms with Gasteiger partial charge in [-0.2, -0.15) is 0 Å². The van der Waals surface area contributed by atoms with Gasteiger partial charge in [-0.15, -0.1) is 10.2 Å². The van der Waals surface area contributed by atoms with E-state index in [4.69, 9.17) is 0 Å². The van der Waals surface area contributed by atoms with Gasteiger partial charge in [0.1, 0.15) is 6.67 Å². The zero-order valence-corrected chi connectivity index (χ0v) is 19.5. The number of rotatable bonds is 9. The number of carbonyl (C=O) groups excluding carboxylic acids is 1. The van der Waals surface area contributed by atoms with Gasteiger partial charge in [0.25, 0.3) is 5.91 Å². The first-order chi connectivity index (χ1) is 15.6. The van der Waals surface area contributed by atoms with Crippen LogP contribution < -0.4 is 10.2 Å². The monoisotopic (exact) mass is 458 g/mol. The summed E-state index contributed by atoms with van der Waals surface area (Å²) in [6.07, 6.45) is 5.82. The van der Waals surface area contributed by atoms with Gasteiger partial charge >= 0.3 is 0 Å². The molecule has 1 saturated heterocycles. The highest BCUT2D eigenvalue weighted by Gasteiger charge is 2.27. The van der Waals surface area contributed by atoms with Gasteiger partial charge in [0, 0.05) is 42.8 Å². The van der Waals surface area contributed by atoms with Gasteiger partial charge in [0.2, 0.25) is 10.1 Å². The van der Waals surface area contributed by atoms with Crippen molar-refractivity contribution < 1.29 is 9.18 Å². The summed E-state index contributed by atoms with van der Waals surface area (Å²) in [5.41, 5.74) is 2.31. The molecule has 2 N–H and O–H groups in total. The Bertz CT molecular complexity index is 1040. The Labute approximate surface area is 192 Å². The zero-order valence-electron chi connectivity index (χ0n) is 18.7. The van der Waals surface area contributed by atoms with Crippen LogP contribution in [0.2, 0.25) is 0 Å². The minimum Gasteiger partial charge on any atom is -0.361 e. The molecule has 2 aromatic heterocycles. The lowest BCUT2D eigenvalue weighted by Crippen LogP contribution is -2.52. The lowest BCUT2D eigenvalue weighted by atomic mass is 10.0. The minimum atomic E-state index is -0.397. The van der Waals surface area contributed by atoms with Crippen LogP contribution in [-0.2, 0) is 6.42 Å². The molecule has 7 nitrogen and oxygen atoms in total. The second kappa shape index (κ2) is 10.4. The minimum absolute atomic E-state index is 0.0218. The number of amides is 1. The summed E-state index contributed by atoms with van der Waals surface area (Å²) < 4.78 is 13.3. The van der Waals surface area contributed by atoms with Gasteiger partial charge in [-0.05, 0) is 31.5 Å². The number of carbonyl (C=O) groups is 1. The predicted octanol–water partition coefficient (Wildman–Crippen LogP) is 3.64. The van der Waals surface area contributed by atoms with E-state index in [1.54, 1.807) is 0 Å². The molecule has 0 radical (unpaired) electrons. The van der Waals surface area contributed by atoms with Crippen LogP contribution in [-0.4, -0.2) is 71.4 Å². The molecule has 1 aromatic carbocycles. The van der Waals surface area contributed by atoms with Gasteiger partial charge in [-0.25, -0.2) is 4.39 Å². The summed E-state index contributed by atoms with van der Waals surface area (Å²) in [7, 11) is 1.94. The van der Waals surface area contributed by atoms with E-state index < -0.39 is 6.67 Å². The molecule has 9 heteroatoms. The van der Waals surface area contributed by atoms with E-state index in [0.717, 1.165) is 44.3 Å². The number of nitrogens with zero attached hydrogens (tertiary/aromatic N) is 4. The van der Waals surface area contributed by atoms with Crippen LogP contribution in [0.15, 0.2) is 30.5 Å². The Morgan fingerprint density at radius 1 is 1.34 bits per heavy atom. The third-order valence-electron chi connectivity index (χ3n) is 6.22. The Morgan fingerprint density at radius 3 is 3.00 bits per heavy atom. The number of benzene rings is 1. The number of unbranched alkanes of at least 4 members (excludes halogenated alkanes) is 1. The molecular formula is C23H31FN6OS. The van der Waals surface area contributed by atoms with Gasteiger partial charge in [-0.1, -0.05) is 49.3 Å². The number of H-pyrrole nitrogens is 1. The Hall–Kier alpha value is -2.52. The number of piperazine rings is 1. The Morgan fingerprint density at radius 2 is 2.19 bits per heavy atom. The van der Waals surface area contributed by atoms with Gasteiger partial charge < -0.3 is 15.2 Å². The van der Waals surface area contributed by atoms with Crippen molar-refractivity contribution in [3.05, 3.63) is 41.0 Å². The van der Waals surface area contributed by atoms with E-state index in [2.05, 4.69) is 39.6 Å². The number of aromatic amines is 1. The topological polar surface area (TPSA) is 77.1 Å². The van der Waals surface area contributed by atoms with E-state index in [-0.39, 0.29) is 18.0 Å². The molecule has 2 atom stereocenters. The molecule has 0 spiro atoms. The van der Waals surface area contributed by atoms with Crippen LogP contribution in [0.5, 0.6) is 0 Å². The molecule has 1 aliphatic rings.